The molecule has 0 spiro atoms. The molecule has 1 aromatic rings. The molecule has 0 aliphatic heterocycles. The van der Waals surface area contributed by atoms with Crippen molar-refractivity contribution in [1.82, 2.24) is 9.97 Å². The van der Waals surface area contributed by atoms with E-state index in [-0.39, 0.29) is 0 Å². The number of hydrogen-bond acceptors (Lipinski definition) is 5. The fraction of sp³-hybridized carbons (Fsp3) is 0.667. The van der Waals surface area contributed by atoms with Crippen LogP contribution in [0.15, 0.2) is 12.4 Å². The first-order chi connectivity index (χ1) is 8.29. The summed E-state index contributed by atoms with van der Waals surface area (Å²) in [5, 5.41) is 0. The summed E-state index contributed by atoms with van der Waals surface area (Å²) in [6.45, 7) is 1.06. The molecule has 0 atom stereocenters. The molecule has 1 aliphatic carbocycles. The number of nitrogens with two attached hydrogens (primary N) is 1. The maximum absolute atomic E-state index is 5.33. The van der Waals surface area contributed by atoms with E-state index in [1.807, 2.05) is 0 Å². The Labute approximate surface area is 102 Å². The van der Waals surface area contributed by atoms with Crippen molar-refractivity contribution in [2.45, 2.75) is 32.1 Å². The third-order valence-electron chi connectivity index (χ3n) is 3.42. The molecule has 5 heteroatoms. The van der Waals surface area contributed by atoms with Gasteiger partial charge in [-0.3, -0.25) is 4.98 Å². The Bertz CT molecular complexity index is 349. The first-order valence-corrected chi connectivity index (χ1v) is 6.29. The van der Waals surface area contributed by atoms with Gasteiger partial charge in [-0.15, -0.1) is 0 Å². The molecule has 1 fully saturated rings. The quantitative estimate of drug-likeness (QED) is 0.615. The smallest absolute Gasteiger partial charge is 0.160 e. The zero-order valence-electron chi connectivity index (χ0n) is 10.4. The summed E-state index contributed by atoms with van der Waals surface area (Å²) < 4.78 is 0. The van der Waals surface area contributed by atoms with Gasteiger partial charge in [-0.1, -0.05) is 19.3 Å². The summed E-state index contributed by atoms with van der Waals surface area (Å²) in [7, 11) is 2.07. The zero-order chi connectivity index (χ0) is 12.1. The SMILES string of the molecule is CN(CC1CCCCC1)c1cncc(NN)n1. The monoisotopic (exact) mass is 235 g/mol. The van der Waals surface area contributed by atoms with Crippen LogP contribution in [-0.2, 0) is 0 Å². The van der Waals surface area contributed by atoms with E-state index in [1.165, 1.54) is 32.1 Å². The lowest BCUT2D eigenvalue weighted by Gasteiger charge is -2.27. The van der Waals surface area contributed by atoms with E-state index in [9.17, 15) is 0 Å². The Morgan fingerprint density at radius 2 is 2.12 bits per heavy atom. The molecule has 1 saturated carbocycles. The van der Waals surface area contributed by atoms with Crippen LogP contribution in [0.4, 0.5) is 11.6 Å². The molecule has 1 heterocycles. The Hall–Kier alpha value is -1.36. The fourth-order valence-corrected chi connectivity index (χ4v) is 2.46. The third-order valence-corrected chi connectivity index (χ3v) is 3.42. The van der Waals surface area contributed by atoms with Gasteiger partial charge < -0.3 is 10.3 Å². The summed E-state index contributed by atoms with van der Waals surface area (Å²) in [6.07, 6.45) is 10.2. The van der Waals surface area contributed by atoms with Gasteiger partial charge in [-0.25, -0.2) is 10.8 Å². The van der Waals surface area contributed by atoms with Crippen LogP contribution in [0.25, 0.3) is 0 Å². The first kappa shape index (κ1) is 12.1. The molecular formula is C12H21N5. The van der Waals surface area contributed by atoms with Gasteiger partial charge >= 0.3 is 0 Å². The highest BCUT2D eigenvalue weighted by Crippen LogP contribution is 2.25. The maximum atomic E-state index is 5.33. The molecule has 0 bridgehead atoms. The van der Waals surface area contributed by atoms with Gasteiger partial charge in [0, 0.05) is 13.6 Å². The molecule has 0 aromatic carbocycles. The van der Waals surface area contributed by atoms with Crippen LogP contribution in [-0.4, -0.2) is 23.6 Å². The van der Waals surface area contributed by atoms with Gasteiger partial charge in [0.1, 0.15) is 5.82 Å². The third kappa shape index (κ3) is 3.30. The van der Waals surface area contributed by atoms with Crippen molar-refractivity contribution in [2.24, 2.45) is 11.8 Å². The first-order valence-electron chi connectivity index (χ1n) is 6.29. The van der Waals surface area contributed by atoms with Crippen LogP contribution < -0.4 is 16.2 Å². The van der Waals surface area contributed by atoms with Gasteiger partial charge in [0.05, 0.1) is 12.4 Å². The van der Waals surface area contributed by atoms with Gasteiger partial charge in [0.25, 0.3) is 0 Å². The number of aromatic nitrogens is 2. The van der Waals surface area contributed by atoms with Crippen LogP contribution >= 0.6 is 0 Å². The molecule has 0 amide bonds. The number of hydrazine groups is 1. The molecule has 1 aromatic heterocycles. The van der Waals surface area contributed by atoms with Crippen molar-refractivity contribution in [3.05, 3.63) is 12.4 Å². The van der Waals surface area contributed by atoms with Crippen LogP contribution in [0.5, 0.6) is 0 Å². The highest BCUT2D eigenvalue weighted by Gasteiger charge is 2.16. The number of nitrogen functional groups attached to an aromatic ring is 1. The predicted octanol–water partition coefficient (Wildman–Crippen LogP) is 1.78. The van der Waals surface area contributed by atoms with Gasteiger partial charge in [0.15, 0.2) is 5.82 Å². The van der Waals surface area contributed by atoms with Gasteiger partial charge in [-0.2, -0.15) is 0 Å². The Kier molecular flexibility index (Phi) is 4.14. The second-order valence-electron chi connectivity index (χ2n) is 4.79. The number of rotatable bonds is 4. The Morgan fingerprint density at radius 1 is 1.35 bits per heavy atom. The zero-order valence-corrected chi connectivity index (χ0v) is 10.4. The molecule has 3 N–H and O–H groups in total. The Balaban J connectivity index is 1.95. The molecule has 17 heavy (non-hydrogen) atoms. The van der Waals surface area contributed by atoms with Gasteiger partial charge in [-0.05, 0) is 18.8 Å². The minimum absolute atomic E-state index is 0.609. The van der Waals surface area contributed by atoms with E-state index in [0.29, 0.717) is 5.82 Å². The largest absolute Gasteiger partial charge is 0.358 e. The minimum atomic E-state index is 0.609. The van der Waals surface area contributed by atoms with Crippen molar-refractivity contribution in [1.29, 1.82) is 0 Å². The van der Waals surface area contributed by atoms with Crippen LogP contribution in [0.3, 0.4) is 0 Å². The van der Waals surface area contributed by atoms with Crippen LogP contribution in [0.1, 0.15) is 32.1 Å². The molecule has 94 valence electrons. The van der Waals surface area contributed by atoms with E-state index < -0.39 is 0 Å². The van der Waals surface area contributed by atoms with Crippen molar-refractivity contribution < 1.29 is 0 Å². The lowest BCUT2D eigenvalue weighted by molar-refractivity contribution is 0.361. The molecule has 0 unspecified atom stereocenters. The molecular weight excluding hydrogens is 214 g/mol. The average molecular weight is 235 g/mol. The van der Waals surface area contributed by atoms with Crippen LogP contribution in [0.2, 0.25) is 0 Å². The highest BCUT2D eigenvalue weighted by molar-refractivity contribution is 5.42. The summed E-state index contributed by atoms with van der Waals surface area (Å²) in [4.78, 5) is 10.7. The van der Waals surface area contributed by atoms with E-state index in [1.54, 1.807) is 12.4 Å². The molecule has 0 saturated heterocycles. The van der Waals surface area contributed by atoms with Crippen molar-refractivity contribution in [2.75, 3.05) is 23.9 Å². The van der Waals surface area contributed by atoms with Crippen molar-refractivity contribution >= 4 is 11.6 Å². The van der Waals surface area contributed by atoms with Crippen molar-refractivity contribution in [3.8, 4) is 0 Å². The molecule has 5 nitrogen and oxygen atoms in total. The summed E-state index contributed by atoms with van der Waals surface area (Å²) in [6, 6.07) is 0. The Morgan fingerprint density at radius 3 is 2.82 bits per heavy atom. The van der Waals surface area contributed by atoms with E-state index >= 15 is 0 Å². The van der Waals surface area contributed by atoms with Gasteiger partial charge in [0.2, 0.25) is 0 Å². The number of nitrogens with one attached hydrogen (secondary N) is 1. The topological polar surface area (TPSA) is 67.1 Å². The summed E-state index contributed by atoms with van der Waals surface area (Å²) >= 11 is 0. The maximum Gasteiger partial charge on any atom is 0.160 e. The highest BCUT2D eigenvalue weighted by atomic mass is 15.3. The van der Waals surface area contributed by atoms with E-state index in [0.717, 1.165) is 18.3 Å². The summed E-state index contributed by atoms with van der Waals surface area (Å²) in [5.41, 5.74) is 2.53. The summed E-state index contributed by atoms with van der Waals surface area (Å²) in [5.74, 6) is 7.62. The lowest BCUT2D eigenvalue weighted by Crippen LogP contribution is -2.27. The molecule has 0 radical (unpaired) electrons. The standard InChI is InChI=1S/C12H21N5/c1-17(9-10-5-3-2-4-6-10)12-8-14-7-11(15-12)16-13/h7-8,10H,2-6,9,13H2,1H3,(H,15,16). The lowest BCUT2D eigenvalue weighted by atomic mass is 9.89. The molecule has 1 aliphatic rings. The van der Waals surface area contributed by atoms with Crippen LogP contribution in [0, 0.1) is 5.92 Å². The molecule has 2 rings (SSSR count). The van der Waals surface area contributed by atoms with E-state index in [2.05, 4.69) is 27.3 Å². The second-order valence-corrected chi connectivity index (χ2v) is 4.79. The predicted molar refractivity (Wildman–Crippen MR) is 69.7 cm³/mol. The minimum Gasteiger partial charge on any atom is -0.358 e. The van der Waals surface area contributed by atoms with E-state index in [4.69, 9.17) is 5.84 Å². The second kappa shape index (κ2) is 5.82. The average Bonchev–Trinajstić information content (AvgIpc) is 2.40. The fourth-order valence-electron chi connectivity index (χ4n) is 2.46. The number of nitrogens with zero attached hydrogens (tertiary/aromatic N) is 3. The normalized spacial score (nSPS) is 16.8. The number of anilines is 2. The van der Waals surface area contributed by atoms with Crippen molar-refractivity contribution in [3.63, 3.8) is 0 Å². The number of hydrogen-bond donors (Lipinski definition) is 2.